The number of anilines is 2. The summed E-state index contributed by atoms with van der Waals surface area (Å²) in [5.74, 6) is 0. The number of hydrogen-bond acceptors (Lipinski definition) is 2. The molecule has 0 amide bonds. The smallest absolute Gasteiger partial charge is 0.0426 e. The minimum absolute atomic E-state index is 0.767. The van der Waals surface area contributed by atoms with Crippen molar-refractivity contribution in [2.75, 3.05) is 23.7 Å². The Morgan fingerprint density at radius 2 is 1.71 bits per heavy atom. The topological polar surface area (TPSA) is 24.1 Å². The first-order valence-electron chi connectivity index (χ1n) is 7.44. The Morgan fingerprint density at radius 1 is 0.952 bits per heavy atom. The van der Waals surface area contributed by atoms with Gasteiger partial charge in [0.1, 0.15) is 0 Å². The van der Waals surface area contributed by atoms with E-state index in [2.05, 4.69) is 49.6 Å². The van der Waals surface area contributed by atoms with Gasteiger partial charge in [0, 0.05) is 29.5 Å². The Morgan fingerprint density at radius 3 is 2.48 bits per heavy atom. The van der Waals surface area contributed by atoms with E-state index >= 15 is 0 Å². The van der Waals surface area contributed by atoms with Crippen molar-refractivity contribution >= 4 is 23.0 Å². The molecule has 0 aliphatic heterocycles. The fourth-order valence-electron chi connectivity index (χ4n) is 2.45. The first kappa shape index (κ1) is 15.7. The summed E-state index contributed by atoms with van der Waals surface area (Å²) < 4.78 is 0. The van der Waals surface area contributed by atoms with Crippen LogP contribution in [0.25, 0.3) is 0 Å². The summed E-state index contributed by atoms with van der Waals surface area (Å²) >= 11 is 6.03. The zero-order chi connectivity index (χ0) is 15.2. The molecule has 0 aromatic heterocycles. The lowest BCUT2D eigenvalue weighted by Gasteiger charge is -2.15. The van der Waals surface area contributed by atoms with E-state index in [0.29, 0.717) is 0 Å². The van der Waals surface area contributed by atoms with Crippen molar-refractivity contribution in [2.45, 2.75) is 27.2 Å². The highest BCUT2D eigenvalue weighted by Gasteiger charge is 2.03. The first-order chi connectivity index (χ1) is 10.1. The monoisotopic (exact) mass is 302 g/mol. The number of halogens is 1. The second-order valence-electron chi connectivity index (χ2n) is 5.28. The maximum Gasteiger partial charge on any atom is 0.0426 e. The zero-order valence-corrected chi connectivity index (χ0v) is 13.7. The van der Waals surface area contributed by atoms with Crippen molar-refractivity contribution in [1.82, 2.24) is 0 Å². The quantitative estimate of drug-likeness (QED) is 0.730. The molecule has 2 N–H and O–H groups in total. The summed E-state index contributed by atoms with van der Waals surface area (Å²) in [6.45, 7) is 8.16. The molecule has 2 aromatic rings. The molecule has 0 saturated heterocycles. The van der Waals surface area contributed by atoms with Crippen LogP contribution in [-0.4, -0.2) is 13.1 Å². The molecule has 2 nitrogen and oxygen atoms in total. The van der Waals surface area contributed by atoms with Crippen molar-refractivity contribution in [3.63, 3.8) is 0 Å². The maximum atomic E-state index is 6.03. The van der Waals surface area contributed by atoms with Crippen LogP contribution in [-0.2, 0) is 6.42 Å². The van der Waals surface area contributed by atoms with Gasteiger partial charge in [-0.15, -0.1) is 0 Å². The third-order valence-corrected chi connectivity index (χ3v) is 3.92. The highest BCUT2D eigenvalue weighted by Crippen LogP contribution is 2.21. The number of aryl methyl sites for hydroxylation is 3. The number of hydrogen-bond donors (Lipinski definition) is 2. The Kier molecular flexibility index (Phi) is 5.51. The van der Waals surface area contributed by atoms with Crippen molar-refractivity contribution in [2.24, 2.45) is 0 Å². The van der Waals surface area contributed by atoms with Gasteiger partial charge in [-0.25, -0.2) is 0 Å². The van der Waals surface area contributed by atoms with E-state index in [0.717, 1.165) is 30.2 Å². The van der Waals surface area contributed by atoms with Crippen LogP contribution >= 0.6 is 11.6 Å². The molecule has 0 heterocycles. The third-order valence-electron chi connectivity index (χ3n) is 3.68. The fraction of sp³-hybridized carbons (Fsp3) is 0.333. The van der Waals surface area contributed by atoms with Gasteiger partial charge in [-0.1, -0.05) is 42.8 Å². The van der Waals surface area contributed by atoms with E-state index in [1.165, 1.54) is 22.4 Å². The average Bonchev–Trinajstić information content (AvgIpc) is 2.48. The van der Waals surface area contributed by atoms with E-state index < -0.39 is 0 Å². The van der Waals surface area contributed by atoms with Crippen LogP contribution in [0.2, 0.25) is 5.02 Å². The van der Waals surface area contributed by atoms with Gasteiger partial charge in [0.15, 0.2) is 0 Å². The highest BCUT2D eigenvalue weighted by molar-refractivity contribution is 6.30. The second kappa shape index (κ2) is 7.37. The van der Waals surface area contributed by atoms with Crippen molar-refractivity contribution in [3.05, 3.63) is 58.1 Å². The Labute approximate surface area is 132 Å². The lowest BCUT2D eigenvalue weighted by Crippen LogP contribution is -2.15. The molecule has 0 fully saturated rings. The van der Waals surface area contributed by atoms with E-state index in [1.807, 2.05) is 18.2 Å². The van der Waals surface area contributed by atoms with Crippen LogP contribution in [0.3, 0.4) is 0 Å². The van der Waals surface area contributed by atoms with Crippen LogP contribution < -0.4 is 10.6 Å². The SMILES string of the molecule is CCc1cccc(C)c1NCCNc1cc(Cl)ccc1C. The van der Waals surface area contributed by atoms with E-state index in [9.17, 15) is 0 Å². The average molecular weight is 303 g/mol. The predicted molar refractivity (Wildman–Crippen MR) is 93.7 cm³/mol. The van der Waals surface area contributed by atoms with Gasteiger partial charge in [-0.2, -0.15) is 0 Å². The fourth-order valence-corrected chi connectivity index (χ4v) is 2.62. The van der Waals surface area contributed by atoms with Gasteiger partial charge in [-0.05, 0) is 49.1 Å². The van der Waals surface area contributed by atoms with Gasteiger partial charge in [0.25, 0.3) is 0 Å². The first-order valence-corrected chi connectivity index (χ1v) is 7.82. The number of benzene rings is 2. The molecule has 21 heavy (non-hydrogen) atoms. The molecule has 2 aromatic carbocycles. The normalized spacial score (nSPS) is 10.5. The molecule has 2 rings (SSSR count). The van der Waals surface area contributed by atoms with Crippen LogP contribution in [0.4, 0.5) is 11.4 Å². The van der Waals surface area contributed by atoms with Crippen LogP contribution in [0.1, 0.15) is 23.6 Å². The third kappa shape index (κ3) is 4.15. The molecule has 0 unspecified atom stereocenters. The maximum absolute atomic E-state index is 6.03. The Hall–Kier alpha value is -1.67. The van der Waals surface area contributed by atoms with Crippen molar-refractivity contribution in [3.8, 4) is 0 Å². The lowest BCUT2D eigenvalue weighted by molar-refractivity contribution is 1.05. The number of rotatable bonds is 6. The predicted octanol–water partition coefficient (Wildman–Crippen LogP) is 5.04. The standard InChI is InChI=1S/C18H23ClN2/c1-4-15-7-5-6-14(3)18(15)21-11-10-20-17-12-16(19)9-8-13(17)2/h5-9,12,20-21H,4,10-11H2,1-3H3. The minimum atomic E-state index is 0.767. The zero-order valence-electron chi connectivity index (χ0n) is 13.0. The van der Waals surface area contributed by atoms with Crippen LogP contribution in [0, 0.1) is 13.8 Å². The second-order valence-corrected chi connectivity index (χ2v) is 5.71. The molecule has 0 radical (unpaired) electrons. The summed E-state index contributed by atoms with van der Waals surface area (Å²) in [5.41, 5.74) is 6.25. The highest BCUT2D eigenvalue weighted by atomic mass is 35.5. The van der Waals surface area contributed by atoms with Crippen LogP contribution in [0.15, 0.2) is 36.4 Å². The lowest BCUT2D eigenvalue weighted by atomic mass is 10.1. The van der Waals surface area contributed by atoms with Gasteiger partial charge >= 0.3 is 0 Å². The van der Waals surface area contributed by atoms with Crippen molar-refractivity contribution < 1.29 is 0 Å². The van der Waals surface area contributed by atoms with Crippen molar-refractivity contribution in [1.29, 1.82) is 0 Å². The molecule has 0 bridgehead atoms. The largest absolute Gasteiger partial charge is 0.383 e. The Bertz CT molecular complexity index is 608. The molecular weight excluding hydrogens is 280 g/mol. The summed E-state index contributed by atoms with van der Waals surface area (Å²) in [7, 11) is 0. The summed E-state index contributed by atoms with van der Waals surface area (Å²) in [6.07, 6.45) is 1.05. The van der Waals surface area contributed by atoms with E-state index in [1.54, 1.807) is 0 Å². The summed E-state index contributed by atoms with van der Waals surface area (Å²) in [5, 5.41) is 7.74. The molecule has 0 saturated carbocycles. The molecule has 112 valence electrons. The molecular formula is C18H23ClN2. The van der Waals surface area contributed by atoms with Gasteiger partial charge in [0.2, 0.25) is 0 Å². The molecule has 0 aliphatic rings. The Balaban J connectivity index is 1.92. The minimum Gasteiger partial charge on any atom is -0.383 e. The molecule has 0 spiro atoms. The van der Waals surface area contributed by atoms with E-state index in [-0.39, 0.29) is 0 Å². The van der Waals surface area contributed by atoms with Gasteiger partial charge in [-0.3, -0.25) is 0 Å². The van der Waals surface area contributed by atoms with Gasteiger partial charge < -0.3 is 10.6 Å². The van der Waals surface area contributed by atoms with Gasteiger partial charge in [0.05, 0.1) is 0 Å². The number of para-hydroxylation sites is 1. The van der Waals surface area contributed by atoms with Crippen LogP contribution in [0.5, 0.6) is 0 Å². The molecule has 3 heteroatoms. The molecule has 0 aliphatic carbocycles. The summed E-state index contributed by atoms with van der Waals surface area (Å²) in [6, 6.07) is 12.4. The van der Waals surface area contributed by atoms with E-state index in [4.69, 9.17) is 11.6 Å². The summed E-state index contributed by atoms with van der Waals surface area (Å²) in [4.78, 5) is 0. The molecule has 0 atom stereocenters. The number of nitrogens with one attached hydrogen (secondary N) is 2.